The van der Waals surface area contributed by atoms with Crippen molar-refractivity contribution in [2.75, 3.05) is 51.3 Å². The van der Waals surface area contributed by atoms with Gasteiger partial charge in [0.15, 0.2) is 0 Å². The van der Waals surface area contributed by atoms with Crippen LogP contribution in [0.15, 0.2) is 47.4 Å². The highest BCUT2D eigenvalue weighted by Gasteiger charge is 2.36. The van der Waals surface area contributed by atoms with Crippen molar-refractivity contribution < 1.29 is 17.9 Å². The van der Waals surface area contributed by atoms with Crippen LogP contribution in [0.2, 0.25) is 10.0 Å². The fourth-order valence-electron chi connectivity index (χ4n) is 4.49. The molecular formula is C23H27Cl2N3O4S. The van der Waals surface area contributed by atoms with Crippen molar-refractivity contribution in [3.63, 3.8) is 0 Å². The SMILES string of the molecule is COc1ccccc1N1CCN(C(=O)[C@H]2CCCN(S(=O)(=O)c3cc(Cl)ccc3Cl)C2)CC1. The Morgan fingerprint density at radius 1 is 1.03 bits per heavy atom. The molecule has 2 heterocycles. The number of hydrogen-bond acceptors (Lipinski definition) is 5. The number of piperazine rings is 1. The number of rotatable bonds is 5. The number of para-hydroxylation sites is 2. The second kappa shape index (κ2) is 10.1. The van der Waals surface area contributed by atoms with Crippen LogP contribution in [0.4, 0.5) is 5.69 Å². The number of piperidine rings is 1. The van der Waals surface area contributed by atoms with Crippen LogP contribution in [0, 0.1) is 5.92 Å². The van der Waals surface area contributed by atoms with E-state index in [2.05, 4.69) is 4.90 Å². The van der Waals surface area contributed by atoms with E-state index in [0.29, 0.717) is 50.6 Å². The molecule has 4 rings (SSSR count). The van der Waals surface area contributed by atoms with Gasteiger partial charge in [-0.3, -0.25) is 4.79 Å². The molecule has 2 aromatic carbocycles. The van der Waals surface area contributed by atoms with E-state index in [9.17, 15) is 13.2 Å². The minimum absolute atomic E-state index is 0.00627. The summed E-state index contributed by atoms with van der Waals surface area (Å²) in [4.78, 5) is 17.3. The van der Waals surface area contributed by atoms with E-state index >= 15 is 0 Å². The first-order valence-electron chi connectivity index (χ1n) is 10.9. The lowest BCUT2D eigenvalue weighted by Gasteiger charge is -2.39. The first-order valence-corrected chi connectivity index (χ1v) is 13.1. The lowest BCUT2D eigenvalue weighted by atomic mass is 9.97. The highest BCUT2D eigenvalue weighted by Crippen LogP contribution is 2.32. The zero-order valence-electron chi connectivity index (χ0n) is 18.4. The van der Waals surface area contributed by atoms with Crippen molar-refractivity contribution in [3.8, 4) is 5.75 Å². The van der Waals surface area contributed by atoms with E-state index in [-0.39, 0.29) is 28.3 Å². The van der Waals surface area contributed by atoms with Crippen LogP contribution in [0.1, 0.15) is 12.8 Å². The molecule has 0 spiro atoms. The summed E-state index contributed by atoms with van der Waals surface area (Å²) in [6.07, 6.45) is 1.29. The monoisotopic (exact) mass is 511 g/mol. The molecule has 2 aliphatic heterocycles. The normalized spacial score (nSPS) is 20.0. The number of sulfonamides is 1. The van der Waals surface area contributed by atoms with Gasteiger partial charge < -0.3 is 14.5 Å². The molecule has 0 N–H and O–H groups in total. The molecule has 2 aromatic rings. The summed E-state index contributed by atoms with van der Waals surface area (Å²) in [5.74, 6) is 0.446. The predicted molar refractivity (Wildman–Crippen MR) is 130 cm³/mol. The Morgan fingerprint density at radius 3 is 2.48 bits per heavy atom. The van der Waals surface area contributed by atoms with E-state index in [4.69, 9.17) is 27.9 Å². The van der Waals surface area contributed by atoms with Crippen LogP contribution in [0.25, 0.3) is 0 Å². The van der Waals surface area contributed by atoms with Gasteiger partial charge in [-0.1, -0.05) is 35.3 Å². The summed E-state index contributed by atoms with van der Waals surface area (Å²) >= 11 is 12.2. The number of methoxy groups -OCH3 is 1. The van der Waals surface area contributed by atoms with Gasteiger partial charge >= 0.3 is 0 Å². The fourth-order valence-corrected chi connectivity index (χ4v) is 6.75. The number of amides is 1. The molecule has 10 heteroatoms. The summed E-state index contributed by atoms with van der Waals surface area (Å²) < 4.78 is 33.2. The zero-order chi connectivity index (χ0) is 23.6. The van der Waals surface area contributed by atoms with Crippen LogP contribution in [0.5, 0.6) is 5.75 Å². The van der Waals surface area contributed by atoms with Crippen molar-refractivity contribution >= 4 is 44.8 Å². The first-order chi connectivity index (χ1) is 15.8. The number of benzene rings is 2. The van der Waals surface area contributed by atoms with Crippen LogP contribution < -0.4 is 9.64 Å². The molecule has 2 aliphatic rings. The van der Waals surface area contributed by atoms with Gasteiger partial charge in [-0.2, -0.15) is 4.31 Å². The lowest BCUT2D eigenvalue weighted by molar-refractivity contribution is -0.137. The second-order valence-corrected chi connectivity index (χ2v) is 11.0. The molecule has 0 saturated carbocycles. The Kier molecular flexibility index (Phi) is 7.38. The maximum absolute atomic E-state index is 13.3. The Hall–Kier alpha value is -2.00. The number of nitrogens with zero attached hydrogens (tertiary/aromatic N) is 3. The van der Waals surface area contributed by atoms with Crippen LogP contribution >= 0.6 is 23.2 Å². The molecule has 178 valence electrons. The Labute approximate surface area is 204 Å². The number of carbonyl (C=O) groups excluding carboxylic acids is 1. The van der Waals surface area contributed by atoms with Gasteiger partial charge in [0.25, 0.3) is 0 Å². The molecule has 0 radical (unpaired) electrons. The van der Waals surface area contributed by atoms with Crippen molar-refractivity contribution in [1.29, 1.82) is 0 Å². The highest BCUT2D eigenvalue weighted by atomic mass is 35.5. The summed E-state index contributed by atoms with van der Waals surface area (Å²) in [5.41, 5.74) is 1.01. The smallest absolute Gasteiger partial charge is 0.244 e. The second-order valence-electron chi connectivity index (χ2n) is 8.26. The number of anilines is 1. The summed E-state index contributed by atoms with van der Waals surface area (Å²) in [6, 6.07) is 12.2. The van der Waals surface area contributed by atoms with Crippen LogP contribution in [0.3, 0.4) is 0 Å². The molecule has 0 unspecified atom stereocenters. The third-order valence-corrected chi connectivity index (χ3v) is 8.84. The number of hydrogen-bond donors (Lipinski definition) is 0. The maximum atomic E-state index is 13.3. The van der Waals surface area contributed by atoms with Crippen molar-refractivity contribution in [2.24, 2.45) is 5.92 Å². The average Bonchev–Trinajstić information content (AvgIpc) is 2.85. The van der Waals surface area contributed by atoms with Gasteiger partial charge in [-0.25, -0.2) is 8.42 Å². The molecule has 2 saturated heterocycles. The van der Waals surface area contributed by atoms with E-state index < -0.39 is 10.0 Å². The Bertz CT molecular complexity index is 1120. The molecular weight excluding hydrogens is 485 g/mol. The van der Waals surface area contributed by atoms with Gasteiger partial charge in [-0.15, -0.1) is 0 Å². The van der Waals surface area contributed by atoms with Crippen molar-refractivity contribution in [1.82, 2.24) is 9.21 Å². The standard InChI is InChI=1S/C23H27Cl2N3O4S/c1-32-21-7-3-2-6-20(21)26-11-13-27(14-12-26)23(29)17-5-4-10-28(16-17)33(30,31)22-15-18(24)8-9-19(22)25/h2-3,6-9,15,17H,4-5,10-14,16H2,1H3/t17-/m0/s1. The van der Waals surface area contributed by atoms with E-state index in [1.807, 2.05) is 29.2 Å². The van der Waals surface area contributed by atoms with Gasteiger partial charge in [0, 0.05) is 44.3 Å². The molecule has 0 aromatic heterocycles. The molecule has 1 amide bonds. The third kappa shape index (κ3) is 5.09. The third-order valence-electron chi connectivity index (χ3n) is 6.26. The Balaban J connectivity index is 1.42. The topological polar surface area (TPSA) is 70.2 Å². The number of carbonyl (C=O) groups is 1. The quantitative estimate of drug-likeness (QED) is 0.611. The number of halogens is 2. The van der Waals surface area contributed by atoms with Crippen molar-refractivity contribution in [2.45, 2.75) is 17.7 Å². The average molecular weight is 512 g/mol. The molecule has 7 nitrogen and oxygen atoms in total. The summed E-state index contributed by atoms with van der Waals surface area (Å²) in [7, 11) is -2.19. The summed E-state index contributed by atoms with van der Waals surface area (Å²) in [5, 5.41) is 0.427. The predicted octanol–water partition coefficient (Wildman–Crippen LogP) is 3.75. The highest BCUT2D eigenvalue weighted by molar-refractivity contribution is 7.89. The van der Waals surface area contributed by atoms with E-state index in [1.165, 1.54) is 16.4 Å². The first kappa shape index (κ1) is 24.1. The summed E-state index contributed by atoms with van der Waals surface area (Å²) in [6.45, 7) is 3.06. The zero-order valence-corrected chi connectivity index (χ0v) is 20.7. The van der Waals surface area contributed by atoms with Gasteiger partial charge in [0.05, 0.1) is 23.7 Å². The van der Waals surface area contributed by atoms with Gasteiger partial charge in [0.1, 0.15) is 10.6 Å². The van der Waals surface area contributed by atoms with Gasteiger partial charge in [-0.05, 0) is 43.2 Å². The van der Waals surface area contributed by atoms with E-state index in [1.54, 1.807) is 13.2 Å². The molecule has 2 fully saturated rings. The molecule has 1 atom stereocenters. The Morgan fingerprint density at radius 2 is 1.76 bits per heavy atom. The fraction of sp³-hybridized carbons (Fsp3) is 0.435. The largest absolute Gasteiger partial charge is 0.495 e. The molecule has 0 bridgehead atoms. The maximum Gasteiger partial charge on any atom is 0.244 e. The molecule has 33 heavy (non-hydrogen) atoms. The lowest BCUT2D eigenvalue weighted by Crippen LogP contribution is -2.53. The van der Waals surface area contributed by atoms with Crippen LogP contribution in [-0.4, -0.2) is 69.9 Å². The minimum atomic E-state index is -3.84. The van der Waals surface area contributed by atoms with Gasteiger partial charge in [0.2, 0.25) is 15.9 Å². The van der Waals surface area contributed by atoms with E-state index in [0.717, 1.165) is 11.4 Å². The van der Waals surface area contributed by atoms with Crippen LogP contribution in [-0.2, 0) is 14.8 Å². The number of ether oxygens (including phenoxy) is 1. The molecule has 0 aliphatic carbocycles. The van der Waals surface area contributed by atoms with Crippen molar-refractivity contribution in [3.05, 3.63) is 52.5 Å². The minimum Gasteiger partial charge on any atom is -0.495 e.